The summed E-state index contributed by atoms with van der Waals surface area (Å²) in [5.41, 5.74) is 0.603. The molecule has 1 amide bonds. The van der Waals surface area contributed by atoms with Crippen molar-refractivity contribution in [1.82, 2.24) is 4.98 Å². The average Bonchev–Trinajstić information content (AvgIpc) is 2.65. The maximum atomic E-state index is 13.8. The van der Waals surface area contributed by atoms with E-state index in [1.54, 1.807) is 18.2 Å². The number of benzene rings is 2. The number of aromatic nitrogens is 1. The Hall–Kier alpha value is -3.19. The number of nitrogens with zero attached hydrogens (tertiary/aromatic N) is 1. The SMILES string of the molecule is COc1ccc(NC(=O)c2cncc(Nc3c(F)cccc3F)c2)cc1Cl. The molecule has 138 valence electrons. The Kier molecular flexibility index (Phi) is 5.52. The Morgan fingerprint density at radius 1 is 1.07 bits per heavy atom. The first-order chi connectivity index (χ1) is 13.0. The molecule has 0 saturated heterocycles. The van der Waals surface area contributed by atoms with Crippen LogP contribution in [0.3, 0.4) is 0 Å². The second-order valence-corrected chi connectivity index (χ2v) is 5.89. The van der Waals surface area contributed by atoms with E-state index in [9.17, 15) is 13.6 Å². The lowest BCUT2D eigenvalue weighted by Gasteiger charge is -2.11. The summed E-state index contributed by atoms with van der Waals surface area (Å²) in [7, 11) is 1.49. The fourth-order valence-electron chi connectivity index (χ4n) is 2.34. The molecule has 0 atom stereocenters. The van der Waals surface area contributed by atoms with E-state index in [-0.39, 0.29) is 16.9 Å². The van der Waals surface area contributed by atoms with Gasteiger partial charge in [-0.25, -0.2) is 8.78 Å². The predicted molar refractivity (Wildman–Crippen MR) is 99.8 cm³/mol. The van der Waals surface area contributed by atoms with Crippen LogP contribution in [-0.4, -0.2) is 18.0 Å². The average molecular weight is 390 g/mol. The van der Waals surface area contributed by atoms with Crippen molar-refractivity contribution in [1.29, 1.82) is 0 Å². The lowest BCUT2D eigenvalue weighted by Crippen LogP contribution is -2.12. The fraction of sp³-hybridized carbons (Fsp3) is 0.0526. The molecule has 0 bridgehead atoms. The van der Waals surface area contributed by atoms with Crippen molar-refractivity contribution < 1.29 is 18.3 Å². The first-order valence-electron chi connectivity index (χ1n) is 7.79. The minimum atomic E-state index is -0.752. The highest BCUT2D eigenvalue weighted by atomic mass is 35.5. The van der Waals surface area contributed by atoms with Crippen LogP contribution in [0.25, 0.3) is 0 Å². The number of rotatable bonds is 5. The third-order valence-electron chi connectivity index (χ3n) is 3.64. The Morgan fingerprint density at radius 3 is 2.48 bits per heavy atom. The number of hydrogen-bond donors (Lipinski definition) is 2. The summed E-state index contributed by atoms with van der Waals surface area (Å²) < 4.78 is 32.6. The van der Waals surface area contributed by atoms with Crippen molar-refractivity contribution >= 4 is 34.6 Å². The summed E-state index contributed by atoms with van der Waals surface area (Å²) in [5, 5.41) is 5.61. The van der Waals surface area contributed by atoms with Crippen LogP contribution in [0, 0.1) is 11.6 Å². The Morgan fingerprint density at radius 2 is 1.81 bits per heavy atom. The summed E-state index contributed by atoms with van der Waals surface area (Å²) in [5.74, 6) is -1.48. The number of ether oxygens (including phenoxy) is 1. The third-order valence-corrected chi connectivity index (χ3v) is 3.94. The van der Waals surface area contributed by atoms with E-state index >= 15 is 0 Å². The van der Waals surface area contributed by atoms with Gasteiger partial charge in [0.2, 0.25) is 0 Å². The topological polar surface area (TPSA) is 63.2 Å². The number of methoxy groups -OCH3 is 1. The summed E-state index contributed by atoms with van der Waals surface area (Å²) in [6.45, 7) is 0. The highest BCUT2D eigenvalue weighted by Gasteiger charge is 2.12. The third kappa shape index (κ3) is 4.32. The Bertz CT molecular complexity index is 978. The van der Waals surface area contributed by atoms with Crippen molar-refractivity contribution in [3.63, 3.8) is 0 Å². The van der Waals surface area contributed by atoms with E-state index in [4.69, 9.17) is 16.3 Å². The van der Waals surface area contributed by atoms with Crippen LogP contribution in [0.15, 0.2) is 54.9 Å². The number of amides is 1. The smallest absolute Gasteiger partial charge is 0.257 e. The van der Waals surface area contributed by atoms with Gasteiger partial charge in [0.1, 0.15) is 23.1 Å². The van der Waals surface area contributed by atoms with Crippen LogP contribution in [0.5, 0.6) is 5.75 Å². The first kappa shape index (κ1) is 18.6. The van der Waals surface area contributed by atoms with E-state index in [0.717, 1.165) is 12.1 Å². The van der Waals surface area contributed by atoms with E-state index in [1.807, 2.05) is 0 Å². The number of para-hydroxylation sites is 1. The van der Waals surface area contributed by atoms with Gasteiger partial charge in [-0.15, -0.1) is 0 Å². The Balaban J connectivity index is 1.78. The number of halogens is 3. The lowest BCUT2D eigenvalue weighted by molar-refractivity contribution is 0.102. The summed E-state index contributed by atoms with van der Waals surface area (Å²) >= 11 is 6.03. The molecule has 1 aromatic heterocycles. The fourth-order valence-corrected chi connectivity index (χ4v) is 2.60. The predicted octanol–water partition coefficient (Wildman–Crippen LogP) is 5.02. The Labute approximate surface area is 159 Å². The second-order valence-electron chi connectivity index (χ2n) is 5.49. The zero-order valence-corrected chi connectivity index (χ0v) is 14.8. The number of nitrogens with one attached hydrogen (secondary N) is 2. The number of pyridine rings is 1. The van der Waals surface area contributed by atoms with Crippen LogP contribution in [0.4, 0.5) is 25.8 Å². The molecule has 0 unspecified atom stereocenters. The van der Waals surface area contributed by atoms with Gasteiger partial charge in [0.25, 0.3) is 5.91 Å². The zero-order valence-electron chi connectivity index (χ0n) is 14.1. The molecule has 0 radical (unpaired) electrons. The standard InChI is InChI=1S/C19H14ClF2N3O2/c1-27-17-6-5-12(8-14(17)20)25-19(26)11-7-13(10-23-9-11)24-18-15(21)3-2-4-16(18)22/h2-10,24H,1H3,(H,25,26). The van der Waals surface area contributed by atoms with E-state index < -0.39 is 17.5 Å². The minimum absolute atomic E-state index is 0.198. The molecule has 0 saturated carbocycles. The molecule has 1 heterocycles. The molecule has 2 aromatic carbocycles. The van der Waals surface area contributed by atoms with Crippen molar-refractivity contribution in [2.45, 2.75) is 0 Å². The molecule has 27 heavy (non-hydrogen) atoms. The summed E-state index contributed by atoms with van der Waals surface area (Å²) in [6, 6.07) is 9.74. The highest BCUT2D eigenvalue weighted by molar-refractivity contribution is 6.32. The molecule has 3 rings (SSSR count). The number of carbonyl (C=O) groups is 1. The van der Waals surface area contributed by atoms with Gasteiger partial charge in [-0.05, 0) is 36.4 Å². The number of anilines is 3. The van der Waals surface area contributed by atoms with Gasteiger partial charge >= 0.3 is 0 Å². The minimum Gasteiger partial charge on any atom is -0.495 e. The zero-order chi connectivity index (χ0) is 19.4. The van der Waals surface area contributed by atoms with Gasteiger partial charge in [0.15, 0.2) is 0 Å². The van der Waals surface area contributed by atoms with Crippen molar-refractivity contribution in [3.05, 3.63) is 77.1 Å². The molecule has 0 aliphatic rings. The second kappa shape index (κ2) is 8.01. The number of hydrogen-bond acceptors (Lipinski definition) is 4. The van der Waals surface area contributed by atoms with E-state index in [1.165, 1.54) is 31.6 Å². The van der Waals surface area contributed by atoms with Crippen molar-refractivity contribution in [2.75, 3.05) is 17.7 Å². The molecule has 8 heteroatoms. The van der Waals surface area contributed by atoms with Gasteiger partial charge in [0.05, 0.1) is 29.6 Å². The van der Waals surface area contributed by atoms with Crippen molar-refractivity contribution in [3.8, 4) is 5.75 Å². The summed E-state index contributed by atoms with van der Waals surface area (Å²) in [6.07, 6.45) is 2.69. The van der Waals surface area contributed by atoms with Gasteiger partial charge in [-0.3, -0.25) is 9.78 Å². The molecule has 0 fully saturated rings. The molecular formula is C19H14ClF2N3O2. The molecule has 0 aliphatic heterocycles. The molecule has 0 spiro atoms. The van der Waals surface area contributed by atoms with Crippen LogP contribution >= 0.6 is 11.6 Å². The van der Waals surface area contributed by atoms with E-state index in [0.29, 0.717) is 16.5 Å². The normalized spacial score (nSPS) is 10.4. The van der Waals surface area contributed by atoms with Crippen LogP contribution in [0.1, 0.15) is 10.4 Å². The van der Waals surface area contributed by atoms with Gasteiger partial charge in [-0.1, -0.05) is 17.7 Å². The molecule has 0 aliphatic carbocycles. The van der Waals surface area contributed by atoms with Crippen LogP contribution in [-0.2, 0) is 0 Å². The van der Waals surface area contributed by atoms with Crippen LogP contribution < -0.4 is 15.4 Å². The first-order valence-corrected chi connectivity index (χ1v) is 8.16. The van der Waals surface area contributed by atoms with Gasteiger partial charge in [0, 0.05) is 11.9 Å². The maximum Gasteiger partial charge on any atom is 0.257 e. The van der Waals surface area contributed by atoms with Gasteiger partial charge < -0.3 is 15.4 Å². The van der Waals surface area contributed by atoms with Crippen LogP contribution in [0.2, 0.25) is 5.02 Å². The van der Waals surface area contributed by atoms with Crippen molar-refractivity contribution in [2.24, 2.45) is 0 Å². The molecule has 2 N–H and O–H groups in total. The number of carbonyl (C=O) groups excluding carboxylic acids is 1. The lowest BCUT2D eigenvalue weighted by atomic mass is 10.2. The van der Waals surface area contributed by atoms with E-state index in [2.05, 4.69) is 15.6 Å². The maximum absolute atomic E-state index is 13.8. The quantitative estimate of drug-likeness (QED) is 0.643. The summed E-state index contributed by atoms with van der Waals surface area (Å²) in [4.78, 5) is 16.4. The van der Waals surface area contributed by atoms with Gasteiger partial charge in [-0.2, -0.15) is 0 Å². The largest absolute Gasteiger partial charge is 0.495 e. The molecule has 5 nitrogen and oxygen atoms in total. The monoisotopic (exact) mass is 389 g/mol. The molecular weight excluding hydrogens is 376 g/mol. The highest BCUT2D eigenvalue weighted by Crippen LogP contribution is 2.28. The molecule has 3 aromatic rings.